The molecule has 7 heteroatoms. The first kappa shape index (κ1) is 19.5. The standard InChI is InChI=1S/C20H24ClN3O3/c1-13-11-24(12-14(2)27-13)19-7-4-15(9-22-19)10-23-20(25)17-6-5-16(21)8-18(17)26-3/h4-9,13-14H,10-12H2,1-3H3,(H,23,25). The largest absolute Gasteiger partial charge is 0.496 e. The number of amides is 1. The molecule has 2 atom stereocenters. The van der Waals surface area contributed by atoms with Gasteiger partial charge in [-0.3, -0.25) is 4.79 Å². The molecule has 1 aliphatic heterocycles. The molecule has 0 radical (unpaired) electrons. The highest BCUT2D eigenvalue weighted by Crippen LogP contribution is 2.23. The second kappa shape index (κ2) is 8.59. The van der Waals surface area contributed by atoms with Crippen LogP contribution in [0.4, 0.5) is 5.82 Å². The number of carbonyl (C=O) groups is 1. The molecule has 1 aromatic heterocycles. The Bertz CT molecular complexity index is 788. The zero-order chi connectivity index (χ0) is 19.4. The van der Waals surface area contributed by atoms with Gasteiger partial charge < -0.3 is 19.7 Å². The van der Waals surface area contributed by atoms with Crippen LogP contribution in [0.2, 0.25) is 5.02 Å². The molecule has 0 bridgehead atoms. The Hall–Kier alpha value is -2.31. The third-order valence-electron chi connectivity index (χ3n) is 4.41. The summed E-state index contributed by atoms with van der Waals surface area (Å²) in [6, 6.07) is 8.90. The van der Waals surface area contributed by atoms with Crippen LogP contribution in [0.5, 0.6) is 5.75 Å². The average Bonchev–Trinajstić information content (AvgIpc) is 2.65. The number of hydrogen-bond donors (Lipinski definition) is 1. The molecular weight excluding hydrogens is 366 g/mol. The van der Waals surface area contributed by atoms with Gasteiger partial charge in [0.25, 0.3) is 5.91 Å². The molecule has 27 heavy (non-hydrogen) atoms. The van der Waals surface area contributed by atoms with Gasteiger partial charge in [-0.25, -0.2) is 4.98 Å². The van der Waals surface area contributed by atoms with Crippen molar-refractivity contribution in [3.63, 3.8) is 0 Å². The van der Waals surface area contributed by atoms with E-state index in [4.69, 9.17) is 21.1 Å². The van der Waals surface area contributed by atoms with Crippen molar-refractivity contribution >= 4 is 23.3 Å². The summed E-state index contributed by atoms with van der Waals surface area (Å²) in [5.41, 5.74) is 1.37. The smallest absolute Gasteiger partial charge is 0.255 e. The third kappa shape index (κ3) is 4.90. The maximum atomic E-state index is 12.4. The average molecular weight is 390 g/mol. The van der Waals surface area contributed by atoms with E-state index in [9.17, 15) is 4.79 Å². The van der Waals surface area contributed by atoms with E-state index in [2.05, 4.69) is 29.0 Å². The topological polar surface area (TPSA) is 63.7 Å². The number of nitrogens with zero attached hydrogens (tertiary/aromatic N) is 2. The number of aromatic nitrogens is 1. The number of carbonyl (C=O) groups excluding carboxylic acids is 1. The monoisotopic (exact) mass is 389 g/mol. The van der Waals surface area contributed by atoms with Gasteiger partial charge in [-0.15, -0.1) is 0 Å². The summed E-state index contributed by atoms with van der Waals surface area (Å²) in [4.78, 5) is 19.2. The fourth-order valence-corrected chi connectivity index (χ4v) is 3.37. The molecule has 144 valence electrons. The molecule has 1 saturated heterocycles. The van der Waals surface area contributed by atoms with Crippen molar-refractivity contribution in [2.75, 3.05) is 25.1 Å². The predicted octanol–water partition coefficient (Wildman–Crippen LogP) is 3.29. The highest BCUT2D eigenvalue weighted by molar-refractivity contribution is 6.30. The molecule has 3 rings (SSSR count). The lowest BCUT2D eigenvalue weighted by atomic mass is 10.1. The van der Waals surface area contributed by atoms with Crippen molar-refractivity contribution in [1.82, 2.24) is 10.3 Å². The second-order valence-electron chi connectivity index (χ2n) is 6.71. The molecule has 0 spiro atoms. The molecule has 1 aromatic carbocycles. The lowest BCUT2D eigenvalue weighted by Crippen LogP contribution is -2.45. The molecule has 1 N–H and O–H groups in total. The number of methoxy groups -OCH3 is 1. The zero-order valence-electron chi connectivity index (χ0n) is 15.7. The fraction of sp³-hybridized carbons (Fsp3) is 0.400. The summed E-state index contributed by atoms with van der Waals surface area (Å²) in [5, 5.41) is 3.41. The van der Waals surface area contributed by atoms with Crippen molar-refractivity contribution < 1.29 is 14.3 Å². The SMILES string of the molecule is COc1cc(Cl)ccc1C(=O)NCc1ccc(N2CC(C)OC(C)C2)nc1. The van der Waals surface area contributed by atoms with Crippen molar-refractivity contribution in [3.05, 3.63) is 52.7 Å². The van der Waals surface area contributed by atoms with Gasteiger partial charge in [-0.05, 0) is 43.7 Å². The third-order valence-corrected chi connectivity index (χ3v) is 4.65. The van der Waals surface area contributed by atoms with E-state index in [0.29, 0.717) is 22.9 Å². The minimum absolute atomic E-state index is 0.184. The Labute approximate surface area is 164 Å². The normalized spacial score (nSPS) is 19.6. The Morgan fingerprint density at radius 1 is 1.30 bits per heavy atom. The van der Waals surface area contributed by atoms with Gasteiger partial charge in [0.15, 0.2) is 0 Å². The fourth-order valence-electron chi connectivity index (χ4n) is 3.20. The number of benzene rings is 1. The van der Waals surface area contributed by atoms with E-state index in [1.165, 1.54) is 7.11 Å². The first-order valence-corrected chi connectivity index (χ1v) is 9.31. The van der Waals surface area contributed by atoms with Crippen molar-refractivity contribution in [2.45, 2.75) is 32.6 Å². The van der Waals surface area contributed by atoms with Crippen LogP contribution in [0.3, 0.4) is 0 Å². The summed E-state index contributed by atoms with van der Waals surface area (Å²) in [5.74, 6) is 1.15. The number of pyridine rings is 1. The molecule has 2 aromatic rings. The van der Waals surface area contributed by atoms with Gasteiger partial charge in [-0.2, -0.15) is 0 Å². The summed E-state index contributed by atoms with van der Waals surface area (Å²) in [6.45, 7) is 6.16. The molecule has 1 fully saturated rings. The molecule has 0 aliphatic carbocycles. The summed E-state index contributed by atoms with van der Waals surface area (Å²) >= 11 is 5.94. The van der Waals surface area contributed by atoms with E-state index in [0.717, 1.165) is 24.5 Å². The molecule has 0 saturated carbocycles. The highest BCUT2D eigenvalue weighted by atomic mass is 35.5. The summed E-state index contributed by atoms with van der Waals surface area (Å²) < 4.78 is 11.0. The predicted molar refractivity (Wildman–Crippen MR) is 106 cm³/mol. The highest BCUT2D eigenvalue weighted by Gasteiger charge is 2.23. The number of nitrogens with one attached hydrogen (secondary N) is 1. The lowest BCUT2D eigenvalue weighted by Gasteiger charge is -2.36. The van der Waals surface area contributed by atoms with Gasteiger partial charge in [0.2, 0.25) is 0 Å². The maximum Gasteiger partial charge on any atom is 0.255 e. The van der Waals surface area contributed by atoms with Crippen molar-refractivity contribution in [1.29, 1.82) is 0 Å². The van der Waals surface area contributed by atoms with Gasteiger partial charge >= 0.3 is 0 Å². The van der Waals surface area contributed by atoms with Crippen molar-refractivity contribution in [2.24, 2.45) is 0 Å². The molecule has 6 nitrogen and oxygen atoms in total. The second-order valence-corrected chi connectivity index (χ2v) is 7.15. The number of hydrogen-bond acceptors (Lipinski definition) is 5. The molecule has 2 unspecified atom stereocenters. The molecule has 1 amide bonds. The minimum atomic E-state index is -0.219. The Balaban J connectivity index is 1.61. The Morgan fingerprint density at radius 3 is 2.67 bits per heavy atom. The van der Waals surface area contributed by atoms with Crippen LogP contribution in [-0.2, 0) is 11.3 Å². The number of anilines is 1. The number of ether oxygens (including phenoxy) is 2. The quantitative estimate of drug-likeness (QED) is 0.850. The van der Waals surface area contributed by atoms with Crippen LogP contribution >= 0.6 is 11.6 Å². The number of morpholine rings is 1. The molecule has 2 heterocycles. The lowest BCUT2D eigenvalue weighted by molar-refractivity contribution is -0.00546. The van der Waals surface area contributed by atoms with Crippen LogP contribution in [0.15, 0.2) is 36.5 Å². The molecular formula is C20H24ClN3O3. The first-order valence-electron chi connectivity index (χ1n) is 8.93. The zero-order valence-corrected chi connectivity index (χ0v) is 16.5. The first-order chi connectivity index (χ1) is 13.0. The number of halogens is 1. The van der Waals surface area contributed by atoms with E-state index in [1.807, 2.05) is 12.1 Å². The van der Waals surface area contributed by atoms with E-state index < -0.39 is 0 Å². The van der Waals surface area contributed by atoms with Gasteiger partial charge in [0.05, 0.1) is 24.9 Å². The van der Waals surface area contributed by atoms with Crippen LogP contribution < -0.4 is 15.0 Å². The number of rotatable bonds is 5. The van der Waals surface area contributed by atoms with Crippen molar-refractivity contribution in [3.8, 4) is 5.75 Å². The van der Waals surface area contributed by atoms with Gasteiger partial charge in [-0.1, -0.05) is 17.7 Å². The summed E-state index contributed by atoms with van der Waals surface area (Å²) in [6.07, 6.45) is 2.16. The minimum Gasteiger partial charge on any atom is -0.496 e. The van der Waals surface area contributed by atoms with Crippen LogP contribution in [-0.4, -0.2) is 43.3 Å². The summed E-state index contributed by atoms with van der Waals surface area (Å²) in [7, 11) is 1.51. The Kier molecular flexibility index (Phi) is 6.19. The molecule has 1 aliphatic rings. The van der Waals surface area contributed by atoms with Gasteiger partial charge in [0.1, 0.15) is 11.6 Å². The van der Waals surface area contributed by atoms with Crippen LogP contribution in [0.25, 0.3) is 0 Å². The van der Waals surface area contributed by atoms with E-state index in [-0.39, 0.29) is 18.1 Å². The van der Waals surface area contributed by atoms with Crippen LogP contribution in [0.1, 0.15) is 29.8 Å². The maximum absolute atomic E-state index is 12.4. The van der Waals surface area contributed by atoms with E-state index in [1.54, 1.807) is 24.4 Å². The Morgan fingerprint density at radius 2 is 2.04 bits per heavy atom. The van der Waals surface area contributed by atoms with E-state index >= 15 is 0 Å². The van der Waals surface area contributed by atoms with Gasteiger partial charge in [0, 0.05) is 30.9 Å². The van der Waals surface area contributed by atoms with Crippen LogP contribution in [0, 0.1) is 0 Å².